The Bertz CT molecular complexity index is 720. The molecule has 1 aromatic heterocycles. The highest BCUT2D eigenvalue weighted by molar-refractivity contribution is 5.86. The fraction of sp³-hybridized carbons (Fsp3) is 0.412. The van der Waals surface area contributed by atoms with Crippen molar-refractivity contribution in [3.8, 4) is 0 Å². The van der Waals surface area contributed by atoms with Crippen LogP contribution in [0.1, 0.15) is 37.1 Å². The maximum Gasteiger partial charge on any atom is 0.340 e. The smallest absolute Gasteiger partial charge is 0.340 e. The van der Waals surface area contributed by atoms with Crippen molar-refractivity contribution in [2.45, 2.75) is 25.7 Å². The minimum Gasteiger partial charge on any atom is -0.358 e. The van der Waals surface area contributed by atoms with Crippen LogP contribution in [-0.4, -0.2) is 38.8 Å². The van der Waals surface area contributed by atoms with Crippen molar-refractivity contribution in [1.82, 2.24) is 14.9 Å². The Morgan fingerprint density at radius 1 is 1.33 bits per heavy atom. The number of imidazole rings is 1. The number of nitrogens with zero attached hydrogens (tertiary/aromatic N) is 3. The van der Waals surface area contributed by atoms with E-state index in [0.29, 0.717) is 24.8 Å². The first-order valence-corrected chi connectivity index (χ1v) is 8.09. The summed E-state index contributed by atoms with van der Waals surface area (Å²) in [7, 11) is 0. The molecule has 1 aromatic carbocycles. The van der Waals surface area contributed by atoms with E-state index in [0.717, 1.165) is 24.6 Å². The SMILES string of the molecule is CC1CCN(C(=O)C(c2ccccc2)c2ncc([N+](=O)[O-])[nH]2)CC1. The molecule has 0 spiro atoms. The fourth-order valence-corrected chi connectivity index (χ4v) is 3.04. The predicted octanol–water partition coefficient (Wildman–Crippen LogP) is 2.71. The number of H-pyrrole nitrogens is 1. The highest BCUT2D eigenvalue weighted by Gasteiger charge is 2.33. The summed E-state index contributed by atoms with van der Waals surface area (Å²) in [4.78, 5) is 32.1. The molecule has 0 radical (unpaired) electrons. The van der Waals surface area contributed by atoms with Crippen LogP contribution in [0.2, 0.25) is 0 Å². The van der Waals surface area contributed by atoms with E-state index in [2.05, 4.69) is 16.9 Å². The molecular weight excluding hydrogens is 308 g/mol. The fourth-order valence-electron chi connectivity index (χ4n) is 3.04. The molecule has 0 saturated carbocycles. The molecule has 7 heteroatoms. The second-order valence-electron chi connectivity index (χ2n) is 6.26. The summed E-state index contributed by atoms with van der Waals surface area (Å²) in [5, 5.41) is 10.9. The minimum atomic E-state index is -0.645. The number of benzene rings is 1. The molecule has 1 fully saturated rings. The third-order valence-electron chi connectivity index (χ3n) is 4.53. The number of piperidine rings is 1. The highest BCUT2D eigenvalue weighted by atomic mass is 16.6. The number of carbonyl (C=O) groups excluding carboxylic acids is 1. The zero-order chi connectivity index (χ0) is 17.1. The summed E-state index contributed by atoms with van der Waals surface area (Å²) in [5.74, 6) is 0.0297. The molecule has 3 rings (SSSR count). The molecule has 1 unspecified atom stereocenters. The highest BCUT2D eigenvalue weighted by Crippen LogP contribution is 2.28. The van der Waals surface area contributed by atoms with Crippen LogP contribution >= 0.6 is 0 Å². The second-order valence-corrected chi connectivity index (χ2v) is 6.26. The Labute approximate surface area is 139 Å². The van der Waals surface area contributed by atoms with Gasteiger partial charge in [-0.3, -0.25) is 4.79 Å². The maximum atomic E-state index is 13.1. The van der Waals surface area contributed by atoms with Gasteiger partial charge in [-0.05, 0) is 29.2 Å². The Balaban J connectivity index is 1.93. The number of amides is 1. The molecule has 1 aliphatic rings. The van der Waals surface area contributed by atoms with Crippen LogP contribution in [-0.2, 0) is 4.79 Å². The molecule has 1 aliphatic heterocycles. The van der Waals surface area contributed by atoms with Gasteiger partial charge in [0, 0.05) is 13.1 Å². The topological polar surface area (TPSA) is 92.1 Å². The van der Waals surface area contributed by atoms with Gasteiger partial charge in [0.05, 0.1) is 0 Å². The maximum absolute atomic E-state index is 13.1. The predicted molar refractivity (Wildman–Crippen MR) is 88.5 cm³/mol. The molecule has 24 heavy (non-hydrogen) atoms. The number of likely N-dealkylation sites (tertiary alicyclic amines) is 1. The van der Waals surface area contributed by atoms with Gasteiger partial charge in [0.25, 0.3) is 0 Å². The number of hydrogen-bond acceptors (Lipinski definition) is 4. The average molecular weight is 328 g/mol. The van der Waals surface area contributed by atoms with Crippen molar-refractivity contribution in [3.05, 3.63) is 58.0 Å². The van der Waals surface area contributed by atoms with Gasteiger partial charge in [-0.25, -0.2) is 9.97 Å². The van der Waals surface area contributed by atoms with Crippen LogP contribution in [0.3, 0.4) is 0 Å². The third-order valence-corrected chi connectivity index (χ3v) is 4.53. The monoisotopic (exact) mass is 328 g/mol. The summed E-state index contributed by atoms with van der Waals surface area (Å²) in [6, 6.07) is 9.28. The summed E-state index contributed by atoms with van der Waals surface area (Å²) in [6.45, 7) is 3.62. The second kappa shape index (κ2) is 6.82. The van der Waals surface area contributed by atoms with Crippen molar-refractivity contribution >= 4 is 11.7 Å². The largest absolute Gasteiger partial charge is 0.358 e. The quantitative estimate of drug-likeness (QED) is 0.690. The van der Waals surface area contributed by atoms with Crippen LogP contribution in [0.25, 0.3) is 0 Å². The minimum absolute atomic E-state index is 0.0580. The van der Waals surface area contributed by atoms with Gasteiger partial charge in [0.2, 0.25) is 11.7 Å². The van der Waals surface area contributed by atoms with E-state index in [1.807, 2.05) is 35.2 Å². The lowest BCUT2D eigenvalue weighted by Gasteiger charge is -2.32. The summed E-state index contributed by atoms with van der Waals surface area (Å²) >= 11 is 0. The molecule has 1 atom stereocenters. The number of carbonyl (C=O) groups is 1. The van der Waals surface area contributed by atoms with Crippen molar-refractivity contribution < 1.29 is 9.72 Å². The first-order chi connectivity index (χ1) is 11.6. The molecule has 7 nitrogen and oxygen atoms in total. The number of aromatic amines is 1. The summed E-state index contributed by atoms with van der Waals surface area (Å²) in [6.07, 6.45) is 3.12. The van der Waals surface area contributed by atoms with E-state index >= 15 is 0 Å². The molecule has 0 aliphatic carbocycles. The third kappa shape index (κ3) is 3.29. The van der Waals surface area contributed by atoms with Gasteiger partial charge in [-0.2, -0.15) is 0 Å². The Morgan fingerprint density at radius 3 is 2.58 bits per heavy atom. The van der Waals surface area contributed by atoms with E-state index in [1.165, 1.54) is 0 Å². The molecule has 1 N–H and O–H groups in total. The van der Waals surface area contributed by atoms with Crippen molar-refractivity contribution in [2.24, 2.45) is 5.92 Å². The van der Waals surface area contributed by atoms with Gasteiger partial charge in [-0.1, -0.05) is 37.3 Å². The van der Waals surface area contributed by atoms with E-state index in [9.17, 15) is 14.9 Å². The lowest BCUT2D eigenvalue weighted by molar-refractivity contribution is -0.389. The molecule has 126 valence electrons. The number of rotatable bonds is 4. The summed E-state index contributed by atoms with van der Waals surface area (Å²) < 4.78 is 0. The lowest BCUT2D eigenvalue weighted by atomic mass is 9.93. The van der Waals surface area contributed by atoms with E-state index in [1.54, 1.807) is 0 Å². The molecule has 1 amide bonds. The number of hydrogen-bond donors (Lipinski definition) is 1. The van der Waals surface area contributed by atoms with Crippen molar-refractivity contribution in [2.75, 3.05) is 13.1 Å². The standard InChI is InChI=1S/C17H20N4O3/c1-12-7-9-20(10-8-12)17(22)15(13-5-3-2-4-6-13)16-18-11-14(19-16)21(23)24/h2-6,11-12,15H,7-10H2,1H3,(H,18,19). The zero-order valence-corrected chi connectivity index (χ0v) is 13.5. The van der Waals surface area contributed by atoms with Gasteiger partial charge in [0.15, 0.2) is 0 Å². The molecule has 2 aromatic rings. The van der Waals surface area contributed by atoms with E-state index in [-0.39, 0.29) is 11.7 Å². The molecule has 2 heterocycles. The average Bonchev–Trinajstić information content (AvgIpc) is 3.06. The summed E-state index contributed by atoms with van der Waals surface area (Å²) in [5.41, 5.74) is 0.783. The normalized spacial score (nSPS) is 16.8. The Morgan fingerprint density at radius 2 is 2.00 bits per heavy atom. The molecule has 1 saturated heterocycles. The number of nitro groups is 1. The van der Waals surface area contributed by atoms with Crippen LogP contribution in [0.15, 0.2) is 36.5 Å². The number of nitrogens with one attached hydrogen (secondary N) is 1. The van der Waals surface area contributed by atoms with Gasteiger partial charge < -0.3 is 15.0 Å². The zero-order valence-electron chi connectivity index (χ0n) is 13.5. The lowest BCUT2D eigenvalue weighted by Crippen LogP contribution is -2.41. The van der Waals surface area contributed by atoms with Gasteiger partial charge in [-0.15, -0.1) is 0 Å². The Kier molecular flexibility index (Phi) is 4.59. The van der Waals surface area contributed by atoms with E-state index < -0.39 is 10.8 Å². The van der Waals surface area contributed by atoms with Crippen LogP contribution < -0.4 is 0 Å². The van der Waals surface area contributed by atoms with Crippen LogP contribution in [0, 0.1) is 16.0 Å². The van der Waals surface area contributed by atoms with Gasteiger partial charge in [0.1, 0.15) is 12.1 Å². The van der Waals surface area contributed by atoms with Crippen LogP contribution in [0.4, 0.5) is 5.82 Å². The first-order valence-electron chi connectivity index (χ1n) is 8.09. The van der Waals surface area contributed by atoms with Crippen LogP contribution in [0.5, 0.6) is 0 Å². The van der Waals surface area contributed by atoms with E-state index in [4.69, 9.17) is 0 Å². The number of aromatic nitrogens is 2. The first kappa shape index (κ1) is 16.2. The Hall–Kier alpha value is -2.70. The van der Waals surface area contributed by atoms with Crippen molar-refractivity contribution in [3.63, 3.8) is 0 Å². The van der Waals surface area contributed by atoms with Crippen molar-refractivity contribution in [1.29, 1.82) is 0 Å². The molecule has 0 bridgehead atoms. The molecular formula is C17H20N4O3. The van der Waals surface area contributed by atoms with Gasteiger partial charge >= 0.3 is 5.82 Å².